The van der Waals surface area contributed by atoms with Crippen molar-refractivity contribution in [2.75, 3.05) is 6.26 Å². The summed E-state index contributed by atoms with van der Waals surface area (Å²) in [6.45, 7) is 0. The fraction of sp³-hybridized carbons (Fsp3) is 0.200. The van der Waals surface area contributed by atoms with Crippen molar-refractivity contribution in [3.63, 3.8) is 0 Å². The molecule has 0 aliphatic rings. The first kappa shape index (κ1) is 15.0. The van der Waals surface area contributed by atoms with Crippen LogP contribution in [-0.4, -0.2) is 24.2 Å². The molecule has 0 fully saturated rings. The van der Waals surface area contributed by atoms with Gasteiger partial charge in [0.2, 0.25) is 0 Å². The minimum absolute atomic E-state index is 0.604. The van der Waals surface area contributed by atoms with E-state index in [4.69, 9.17) is 25.2 Å². The van der Waals surface area contributed by atoms with Crippen molar-refractivity contribution in [3.05, 3.63) is 33.9 Å². The van der Waals surface area contributed by atoms with Gasteiger partial charge in [0.15, 0.2) is 16.3 Å². The lowest BCUT2D eigenvalue weighted by Crippen LogP contribution is -2.25. The molecule has 0 atom stereocenters. The maximum absolute atomic E-state index is 9.08. The Labute approximate surface area is 115 Å². The highest BCUT2D eigenvalue weighted by Crippen LogP contribution is 2.17. The molecule has 0 aliphatic carbocycles. The molecule has 0 bridgehead atoms. The lowest BCUT2D eigenvalue weighted by atomic mass is 10.2. The number of thiazole rings is 1. The second kappa shape index (κ2) is 6.19. The largest absolute Gasteiger partial charge is 0.748 e. The molecular formula is C10H12N2O3S3. The molecule has 0 unspecified atom stereocenters. The first-order valence-corrected chi connectivity index (χ1v) is 7.90. The second-order valence-corrected chi connectivity index (χ2v) is 6.47. The van der Waals surface area contributed by atoms with E-state index in [1.165, 1.54) is 5.56 Å². The van der Waals surface area contributed by atoms with Crippen molar-refractivity contribution >= 4 is 33.7 Å². The van der Waals surface area contributed by atoms with Gasteiger partial charge in [0.05, 0.1) is 15.8 Å². The molecule has 18 heavy (non-hydrogen) atoms. The molecule has 1 N–H and O–H groups in total. The Balaban J connectivity index is 0.000000280. The van der Waals surface area contributed by atoms with Gasteiger partial charge in [-0.15, -0.1) is 11.3 Å². The number of nitrogens with zero attached hydrogens (tertiary/aromatic N) is 1. The summed E-state index contributed by atoms with van der Waals surface area (Å²) in [6.07, 6.45) is 4.64. The van der Waals surface area contributed by atoms with E-state index in [2.05, 4.69) is 17.1 Å². The number of hydrogen-bond acceptors (Lipinski definition) is 5. The monoisotopic (exact) mass is 304 g/mol. The van der Waals surface area contributed by atoms with Crippen LogP contribution >= 0.6 is 23.6 Å². The highest BCUT2D eigenvalue weighted by atomic mass is 32.2. The Hall–Kier alpha value is -1.09. The van der Waals surface area contributed by atoms with Gasteiger partial charge in [-0.05, 0) is 12.2 Å². The summed E-state index contributed by atoms with van der Waals surface area (Å²) in [4.78, 5) is 3.14. The Bertz CT molecular complexity index is 648. The van der Waals surface area contributed by atoms with Crippen LogP contribution in [-0.2, 0) is 17.2 Å². The zero-order valence-corrected chi connectivity index (χ0v) is 12.2. The lowest BCUT2D eigenvalue weighted by molar-refractivity contribution is -0.671. The number of aromatic nitrogens is 2. The number of aryl methyl sites for hydroxylation is 1. The SMILES string of the molecule is CS(=O)(=O)[O-].C[n+]1ccc(-c2csc(=S)[nH]2)cc1. The van der Waals surface area contributed by atoms with Crippen LogP contribution in [0.1, 0.15) is 0 Å². The Morgan fingerprint density at radius 3 is 2.28 bits per heavy atom. The lowest BCUT2D eigenvalue weighted by Gasteiger charge is -1.93. The third-order valence-electron chi connectivity index (χ3n) is 1.81. The van der Waals surface area contributed by atoms with E-state index in [1.54, 1.807) is 11.3 Å². The molecule has 2 aromatic rings. The van der Waals surface area contributed by atoms with Crippen LogP contribution in [0.15, 0.2) is 29.9 Å². The molecule has 0 saturated carbocycles. The molecule has 8 heteroatoms. The molecule has 0 spiro atoms. The predicted molar refractivity (Wildman–Crippen MR) is 71.7 cm³/mol. The average molecular weight is 304 g/mol. The quantitative estimate of drug-likeness (QED) is 0.491. The van der Waals surface area contributed by atoms with E-state index in [1.807, 2.05) is 29.4 Å². The molecule has 2 rings (SSSR count). The molecule has 98 valence electrons. The van der Waals surface area contributed by atoms with E-state index in [-0.39, 0.29) is 0 Å². The highest BCUT2D eigenvalue weighted by Gasteiger charge is 2.00. The molecule has 0 aliphatic heterocycles. The smallest absolute Gasteiger partial charge is 0.169 e. The van der Waals surface area contributed by atoms with Crippen molar-refractivity contribution in [2.45, 2.75) is 0 Å². The predicted octanol–water partition coefficient (Wildman–Crippen LogP) is 1.46. The van der Waals surface area contributed by atoms with Crippen molar-refractivity contribution in [3.8, 4) is 11.3 Å². The topological polar surface area (TPSA) is 76.9 Å². The summed E-state index contributed by atoms with van der Waals surface area (Å²) in [5.41, 5.74) is 2.26. The zero-order chi connectivity index (χ0) is 13.8. The molecule has 2 aromatic heterocycles. The summed E-state index contributed by atoms with van der Waals surface area (Å²) < 4.78 is 30.1. The fourth-order valence-electron chi connectivity index (χ4n) is 1.10. The van der Waals surface area contributed by atoms with Crippen LogP contribution in [0.3, 0.4) is 0 Å². The average Bonchev–Trinajstić information content (AvgIpc) is 2.63. The Morgan fingerprint density at radius 1 is 1.39 bits per heavy atom. The van der Waals surface area contributed by atoms with Crippen LogP contribution in [0.4, 0.5) is 0 Å². The molecule has 2 heterocycles. The number of hydrogen-bond donors (Lipinski definition) is 1. The Kier molecular flexibility index (Phi) is 5.15. The van der Waals surface area contributed by atoms with Gasteiger partial charge in [0.1, 0.15) is 7.05 Å². The first-order valence-electron chi connectivity index (χ1n) is 4.80. The summed E-state index contributed by atoms with van der Waals surface area (Å²) in [7, 11) is -1.92. The van der Waals surface area contributed by atoms with Crippen molar-refractivity contribution in [2.24, 2.45) is 7.05 Å². The van der Waals surface area contributed by atoms with Crippen LogP contribution in [0.5, 0.6) is 0 Å². The van der Waals surface area contributed by atoms with Gasteiger partial charge < -0.3 is 9.54 Å². The normalized spacial score (nSPS) is 10.6. The minimum Gasteiger partial charge on any atom is -0.748 e. The van der Waals surface area contributed by atoms with Crippen LogP contribution in [0.25, 0.3) is 11.3 Å². The fourth-order valence-corrected chi connectivity index (χ4v) is 1.95. The maximum Gasteiger partial charge on any atom is 0.169 e. The molecule has 0 saturated heterocycles. The first-order chi connectivity index (χ1) is 8.25. The number of pyridine rings is 1. The van der Waals surface area contributed by atoms with E-state index >= 15 is 0 Å². The maximum atomic E-state index is 9.08. The number of nitrogens with one attached hydrogen (secondary N) is 1. The van der Waals surface area contributed by atoms with Gasteiger partial charge in [-0.25, -0.2) is 13.0 Å². The van der Waals surface area contributed by atoms with E-state index in [9.17, 15) is 0 Å². The van der Waals surface area contributed by atoms with Crippen molar-refractivity contribution in [1.29, 1.82) is 0 Å². The standard InChI is InChI=1S/C9H8N2S2.CH4O3S/c1-11-4-2-7(3-5-11)8-6-13-9(12)10-8;1-5(2,3)4/h2-6H,1H3;1H3,(H,2,3,4). The zero-order valence-electron chi connectivity index (χ0n) is 9.78. The molecular weight excluding hydrogens is 292 g/mol. The van der Waals surface area contributed by atoms with Crippen LogP contribution in [0.2, 0.25) is 0 Å². The molecule has 0 aromatic carbocycles. The van der Waals surface area contributed by atoms with E-state index in [0.29, 0.717) is 6.26 Å². The van der Waals surface area contributed by atoms with Crippen molar-refractivity contribution < 1.29 is 17.5 Å². The summed E-state index contributed by atoms with van der Waals surface area (Å²) in [5.74, 6) is 0. The third-order valence-corrected chi connectivity index (χ3v) is 2.87. The van der Waals surface area contributed by atoms with Gasteiger partial charge in [0, 0.05) is 29.3 Å². The van der Waals surface area contributed by atoms with Crippen LogP contribution < -0.4 is 4.57 Å². The van der Waals surface area contributed by atoms with Crippen LogP contribution in [0, 0.1) is 3.95 Å². The van der Waals surface area contributed by atoms with E-state index < -0.39 is 10.1 Å². The summed E-state index contributed by atoms with van der Waals surface area (Å²) in [5, 5.41) is 2.04. The van der Waals surface area contributed by atoms with Crippen molar-refractivity contribution in [1.82, 2.24) is 4.98 Å². The van der Waals surface area contributed by atoms with Gasteiger partial charge >= 0.3 is 0 Å². The number of aromatic amines is 1. The third kappa shape index (κ3) is 6.01. The summed E-state index contributed by atoms with van der Waals surface area (Å²) >= 11 is 6.57. The number of rotatable bonds is 1. The van der Waals surface area contributed by atoms with Gasteiger partial charge in [0.25, 0.3) is 0 Å². The molecule has 5 nitrogen and oxygen atoms in total. The Morgan fingerprint density at radius 2 is 1.89 bits per heavy atom. The van der Waals surface area contributed by atoms with E-state index in [0.717, 1.165) is 9.65 Å². The second-order valence-electron chi connectivity index (χ2n) is 3.52. The minimum atomic E-state index is -3.92. The molecule has 0 amide bonds. The number of H-pyrrole nitrogens is 1. The summed E-state index contributed by atoms with van der Waals surface area (Å²) in [6, 6.07) is 4.13. The van der Waals surface area contributed by atoms with Gasteiger partial charge in [-0.1, -0.05) is 0 Å². The highest BCUT2D eigenvalue weighted by molar-refractivity contribution is 7.84. The molecule has 0 radical (unpaired) electrons. The van der Waals surface area contributed by atoms with Gasteiger partial charge in [-0.2, -0.15) is 0 Å². The van der Waals surface area contributed by atoms with Gasteiger partial charge in [-0.3, -0.25) is 0 Å².